The Labute approximate surface area is 184 Å². The van der Waals surface area contributed by atoms with Gasteiger partial charge in [0.25, 0.3) is 5.91 Å². The first-order valence-electron chi connectivity index (χ1n) is 9.70. The minimum Gasteiger partial charge on any atom is -0.497 e. The average molecular weight is 440 g/mol. The van der Waals surface area contributed by atoms with Crippen LogP contribution in [0.5, 0.6) is 17.2 Å². The van der Waals surface area contributed by atoms with E-state index in [1.54, 1.807) is 42.5 Å². The maximum Gasteiger partial charge on any atom is 0.280 e. The normalized spacial score (nSPS) is 10.3. The lowest BCUT2D eigenvalue weighted by atomic mass is 10.2. The fourth-order valence-corrected chi connectivity index (χ4v) is 2.82. The van der Waals surface area contributed by atoms with Gasteiger partial charge in [0, 0.05) is 11.8 Å². The second-order valence-corrected chi connectivity index (χ2v) is 6.51. The first-order valence-corrected chi connectivity index (χ1v) is 9.70. The number of nitrogens with two attached hydrogens (primary N) is 1. The lowest BCUT2D eigenvalue weighted by molar-refractivity contribution is -0.116. The van der Waals surface area contributed by atoms with E-state index in [1.807, 2.05) is 6.92 Å². The fraction of sp³-hybridized carbons (Fsp3) is 0.238. The molecule has 3 rings (SSSR count). The Bertz CT molecular complexity index is 1100. The molecule has 3 aromatic rings. The summed E-state index contributed by atoms with van der Waals surface area (Å²) < 4.78 is 16.9. The molecule has 4 N–H and O–H groups in total. The quantitative estimate of drug-likeness (QED) is 0.459. The van der Waals surface area contributed by atoms with Crippen molar-refractivity contribution in [2.45, 2.75) is 13.5 Å². The highest BCUT2D eigenvalue weighted by molar-refractivity contribution is 6.05. The summed E-state index contributed by atoms with van der Waals surface area (Å²) in [6, 6.07) is 11.8. The van der Waals surface area contributed by atoms with Gasteiger partial charge < -0.3 is 30.6 Å². The van der Waals surface area contributed by atoms with Crippen molar-refractivity contribution in [2.24, 2.45) is 0 Å². The molecule has 11 nitrogen and oxygen atoms in total. The highest BCUT2D eigenvalue weighted by Gasteiger charge is 2.19. The van der Waals surface area contributed by atoms with E-state index in [4.69, 9.17) is 19.9 Å². The van der Waals surface area contributed by atoms with Crippen molar-refractivity contribution in [1.29, 1.82) is 0 Å². The number of nitrogens with one attached hydrogen (secondary N) is 2. The zero-order chi connectivity index (χ0) is 23.1. The highest BCUT2D eigenvalue weighted by atomic mass is 16.5. The van der Waals surface area contributed by atoms with Gasteiger partial charge in [-0.1, -0.05) is 5.21 Å². The predicted molar refractivity (Wildman–Crippen MR) is 118 cm³/mol. The number of anilines is 3. The minimum atomic E-state index is -0.546. The van der Waals surface area contributed by atoms with E-state index >= 15 is 0 Å². The summed E-state index contributed by atoms with van der Waals surface area (Å²) in [6.07, 6.45) is 0. The number of carbonyl (C=O) groups excluding carboxylic acids is 2. The van der Waals surface area contributed by atoms with Crippen molar-refractivity contribution in [2.75, 3.05) is 37.2 Å². The van der Waals surface area contributed by atoms with Gasteiger partial charge in [0.1, 0.15) is 23.8 Å². The summed E-state index contributed by atoms with van der Waals surface area (Å²) in [5, 5.41) is 13.0. The molecule has 1 heterocycles. The highest BCUT2D eigenvalue weighted by Crippen LogP contribution is 2.29. The summed E-state index contributed by atoms with van der Waals surface area (Å²) >= 11 is 0. The van der Waals surface area contributed by atoms with Crippen LogP contribution in [0.1, 0.15) is 17.4 Å². The molecule has 32 heavy (non-hydrogen) atoms. The lowest BCUT2D eigenvalue weighted by Crippen LogP contribution is -2.21. The van der Waals surface area contributed by atoms with Crippen LogP contribution in [0.3, 0.4) is 0 Å². The Morgan fingerprint density at radius 2 is 1.75 bits per heavy atom. The Hall–Kier alpha value is -4.28. The maximum atomic E-state index is 12.5. The van der Waals surface area contributed by atoms with Gasteiger partial charge in [0.15, 0.2) is 11.5 Å². The number of rotatable bonds is 9. The molecule has 0 aliphatic carbocycles. The molecule has 0 saturated heterocycles. The summed E-state index contributed by atoms with van der Waals surface area (Å²) in [6.45, 7) is 2.18. The number of aromatic nitrogens is 3. The number of carbonyl (C=O) groups is 2. The van der Waals surface area contributed by atoms with Crippen molar-refractivity contribution in [1.82, 2.24) is 15.0 Å². The zero-order valence-corrected chi connectivity index (χ0v) is 17.9. The molecule has 0 atom stereocenters. The van der Waals surface area contributed by atoms with Gasteiger partial charge in [0.2, 0.25) is 5.91 Å². The van der Waals surface area contributed by atoms with E-state index in [9.17, 15) is 9.59 Å². The number of nitrogens with zero attached hydrogens (tertiary/aromatic N) is 3. The van der Waals surface area contributed by atoms with E-state index in [1.165, 1.54) is 14.2 Å². The van der Waals surface area contributed by atoms with Crippen molar-refractivity contribution in [3.63, 3.8) is 0 Å². The topological polar surface area (TPSA) is 143 Å². The van der Waals surface area contributed by atoms with Crippen LogP contribution in [-0.2, 0) is 11.3 Å². The molecule has 168 valence electrons. The summed E-state index contributed by atoms with van der Waals surface area (Å²) in [5.74, 6) is 0.697. The Kier molecular flexibility index (Phi) is 7.11. The molecule has 2 aromatic carbocycles. The van der Waals surface area contributed by atoms with Crippen LogP contribution in [0.2, 0.25) is 0 Å². The molecule has 0 unspecified atom stereocenters. The summed E-state index contributed by atoms with van der Waals surface area (Å²) in [7, 11) is 3.01. The van der Waals surface area contributed by atoms with Crippen LogP contribution >= 0.6 is 0 Å². The largest absolute Gasteiger partial charge is 0.497 e. The number of benzene rings is 2. The van der Waals surface area contributed by atoms with Crippen LogP contribution in [0, 0.1) is 0 Å². The van der Waals surface area contributed by atoms with E-state index in [0.717, 1.165) is 4.68 Å². The summed E-state index contributed by atoms with van der Waals surface area (Å²) in [5.41, 5.74) is 6.89. The Balaban J connectivity index is 1.65. The van der Waals surface area contributed by atoms with Gasteiger partial charge in [-0.15, -0.1) is 5.10 Å². The second-order valence-electron chi connectivity index (χ2n) is 6.51. The minimum absolute atomic E-state index is 0.0368. The molecule has 0 spiro atoms. The van der Waals surface area contributed by atoms with Gasteiger partial charge in [-0.05, 0) is 43.3 Å². The number of amides is 2. The van der Waals surface area contributed by atoms with E-state index in [2.05, 4.69) is 20.9 Å². The third kappa shape index (κ3) is 5.25. The van der Waals surface area contributed by atoms with Crippen LogP contribution in [0.15, 0.2) is 42.5 Å². The number of hydrogen-bond acceptors (Lipinski definition) is 8. The molecule has 0 aliphatic rings. The van der Waals surface area contributed by atoms with Crippen LogP contribution in [-0.4, -0.2) is 47.6 Å². The second kappa shape index (κ2) is 10.2. The molecule has 2 amide bonds. The van der Waals surface area contributed by atoms with Crippen LogP contribution in [0.25, 0.3) is 0 Å². The molecule has 1 aromatic heterocycles. The van der Waals surface area contributed by atoms with Crippen LogP contribution in [0.4, 0.5) is 17.2 Å². The molecular weight excluding hydrogens is 416 g/mol. The summed E-state index contributed by atoms with van der Waals surface area (Å²) in [4.78, 5) is 25.0. The van der Waals surface area contributed by atoms with Crippen molar-refractivity contribution < 1.29 is 23.8 Å². The molecule has 0 bridgehead atoms. The molecule has 0 aliphatic heterocycles. The van der Waals surface area contributed by atoms with Crippen LogP contribution < -0.4 is 30.6 Å². The van der Waals surface area contributed by atoms with Gasteiger partial charge >= 0.3 is 0 Å². The number of methoxy groups -OCH3 is 2. The van der Waals surface area contributed by atoms with Gasteiger partial charge in [-0.2, -0.15) is 0 Å². The lowest BCUT2D eigenvalue weighted by Gasteiger charge is -2.11. The molecule has 0 radical (unpaired) electrons. The van der Waals surface area contributed by atoms with Crippen molar-refractivity contribution in [3.8, 4) is 17.2 Å². The van der Waals surface area contributed by atoms with E-state index in [-0.39, 0.29) is 18.1 Å². The molecular formula is C21H24N6O5. The number of nitrogen functional groups attached to an aromatic ring is 1. The average Bonchev–Trinajstić information content (AvgIpc) is 3.15. The third-order valence-electron chi connectivity index (χ3n) is 4.39. The zero-order valence-electron chi connectivity index (χ0n) is 17.9. The predicted octanol–water partition coefficient (Wildman–Crippen LogP) is 2.17. The SMILES string of the molecule is CCOc1ccc(NC(=O)c2nnn(CC(=O)Nc3ccc(OC)cc3OC)c2N)cc1. The standard InChI is InChI=1S/C21H24N6O5/c1-4-32-14-7-5-13(6-8-14)23-21(29)19-20(22)27(26-25-19)12-18(28)24-16-10-9-15(30-2)11-17(16)31-3/h5-11H,4,12,22H2,1-3H3,(H,23,29)(H,24,28). The smallest absolute Gasteiger partial charge is 0.280 e. The molecule has 0 saturated carbocycles. The molecule has 0 fully saturated rings. The van der Waals surface area contributed by atoms with Gasteiger partial charge in [0.05, 0.1) is 26.5 Å². The third-order valence-corrected chi connectivity index (χ3v) is 4.39. The fourth-order valence-electron chi connectivity index (χ4n) is 2.82. The maximum absolute atomic E-state index is 12.5. The Morgan fingerprint density at radius 1 is 1.03 bits per heavy atom. The number of ether oxygens (including phenoxy) is 3. The first kappa shape index (κ1) is 22.4. The van der Waals surface area contributed by atoms with E-state index < -0.39 is 11.8 Å². The van der Waals surface area contributed by atoms with Gasteiger partial charge in [-0.3, -0.25) is 9.59 Å². The van der Waals surface area contributed by atoms with Crippen molar-refractivity contribution >= 4 is 29.0 Å². The monoisotopic (exact) mass is 440 g/mol. The first-order chi connectivity index (χ1) is 15.4. The number of hydrogen-bond donors (Lipinski definition) is 3. The van der Waals surface area contributed by atoms with Crippen molar-refractivity contribution in [3.05, 3.63) is 48.2 Å². The van der Waals surface area contributed by atoms with E-state index in [0.29, 0.717) is 35.2 Å². The molecule has 11 heteroatoms. The van der Waals surface area contributed by atoms with Gasteiger partial charge in [-0.25, -0.2) is 4.68 Å². The Morgan fingerprint density at radius 3 is 2.41 bits per heavy atom.